The third-order valence-electron chi connectivity index (χ3n) is 3.65. The first-order chi connectivity index (χ1) is 13.5. The van der Waals surface area contributed by atoms with Gasteiger partial charge in [-0.2, -0.15) is 5.26 Å². The Labute approximate surface area is 173 Å². The van der Waals surface area contributed by atoms with E-state index in [1.165, 1.54) is 13.3 Å². The molecule has 0 saturated heterocycles. The van der Waals surface area contributed by atoms with E-state index >= 15 is 0 Å². The third kappa shape index (κ3) is 6.80. The number of halogens is 2. The molecule has 2 rings (SSSR count). The highest BCUT2D eigenvalue weighted by molar-refractivity contribution is 6.35. The monoisotopic (exact) mass is 422 g/mol. The maximum Gasteiger partial charge on any atom is 0.220 e. The van der Waals surface area contributed by atoms with Crippen molar-refractivity contribution in [3.8, 4) is 17.6 Å². The number of methoxy groups -OCH3 is 1. The topological polar surface area (TPSA) is 96.3 Å². The highest BCUT2D eigenvalue weighted by Gasteiger charge is 2.07. The number of benzene rings is 1. The number of carbonyl (C=O) groups is 1. The number of pyridine rings is 1. The molecule has 2 aromatic rings. The number of rotatable bonds is 10. The summed E-state index contributed by atoms with van der Waals surface area (Å²) in [6, 6.07) is 8.58. The Morgan fingerprint density at radius 1 is 1.25 bits per heavy atom. The quantitative estimate of drug-likeness (QED) is 0.567. The van der Waals surface area contributed by atoms with Gasteiger partial charge in [-0.05, 0) is 24.6 Å². The number of nitriles is 1. The number of ether oxygens (including phenoxy) is 2. The zero-order chi connectivity index (χ0) is 20.4. The van der Waals surface area contributed by atoms with Crippen LogP contribution in [-0.2, 0) is 4.79 Å². The summed E-state index contributed by atoms with van der Waals surface area (Å²) < 4.78 is 10.8. The first kappa shape index (κ1) is 21.6. The van der Waals surface area contributed by atoms with E-state index in [0.29, 0.717) is 65.5 Å². The van der Waals surface area contributed by atoms with Crippen LogP contribution in [0.1, 0.15) is 18.4 Å². The summed E-state index contributed by atoms with van der Waals surface area (Å²) in [6.07, 6.45) is 2.38. The molecule has 2 N–H and O–H groups in total. The van der Waals surface area contributed by atoms with Crippen LogP contribution in [0.3, 0.4) is 0 Å². The van der Waals surface area contributed by atoms with E-state index in [-0.39, 0.29) is 5.91 Å². The Bertz CT molecular complexity index is 856. The Balaban J connectivity index is 1.63. The van der Waals surface area contributed by atoms with Crippen molar-refractivity contribution in [2.75, 3.05) is 32.1 Å². The lowest BCUT2D eigenvalue weighted by Gasteiger charge is -2.11. The number of hydrogen-bond acceptors (Lipinski definition) is 6. The van der Waals surface area contributed by atoms with Crippen LogP contribution in [0.25, 0.3) is 0 Å². The van der Waals surface area contributed by atoms with E-state index in [1.807, 2.05) is 6.07 Å². The molecule has 0 saturated carbocycles. The van der Waals surface area contributed by atoms with E-state index in [9.17, 15) is 4.79 Å². The number of nitrogens with zero attached hydrogens (tertiary/aromatic N) is 2. The summed E-state index contributed by atoms with van der Waals surface area (Å²) in [5, 5.41) is 15.6. The van der Waals surface area contributed by atoms with Crippen molar-refractivity contribution in [2.24, 2.45) is 0 Å². The molecule has 1 heterocycles. The molecule has 0 aliphatic rings. The highest BCUT2D eigenvalue weighted by Crippen LogP contribution is 2.28. The zero-order valence-corrected chi connectivity index (χ0v) is 16.8. The van der Waals surface area contributed by atoms with Gasteiger partial charge in [0.15, 0.2) is 11.5 Å². The molecule has 0 aliphatic carbocycles. The number of anilines is 1. The molecule has 0 radical (unpaired) electrons. The average molecular weight is 423 g/mol. The van der Waals surface area contributed by atoms with Crippen molar-refractivity contribution >= 4 is 34.9 Å². The Morgan fingerprint density at radius 2 is 2.07 bits per heavy atom. The van der Waals surface area contributed by atoms with Crippen LogP contribution in [0.2, 0.25) is 10.0 Å². The number of hydrogen-bond donors (Lipinski definition) is 2. The van der Waals surface area contributed by atoms with Crippen molar-refractivity contribution in [3.05, 3.63) is 46.1 Å². The van der Waals surface area contributed by atoms with Gasteiger partial charge < -0.3 is 20.1 Å². The minimum atomic E-state index is -0.0765. The fraction of sp³-hybridized carbons (Fsp3) is 0.316. The predicted octanol–water partition coefficient (Wildman–Crippen LogP) is 3.66. The molecule has 1 aromatic heterocycles. The van der Waals surface area contributed by atoms with Crippen molar-refractivity contribution < 1.29 is 14.3 Å². The molecule has 0 spiro atoms. The molecule has 0 unspecified atom stereocenters. The van der Waals surface area contributed by atoms with Gasteiger partial charge in [-0.25, -0.2) is 4.98 Å². The summed E-state index contributed by atoms with van der Waals surface area (Å²) in [6.45, 7) is 1.28. The molecule has 28 heavy (non-hydrogen) atoms. The largest absolute Gasteiger partial charge is 0.493 e. The second-order valence-corrected chi connectivity index (χ2v) is 6.53. The predicted molar refractivity (Wildman–Crippen MR) is 108 cm³/mol. The van der Waals surface area contributed by atoms with Crippen LogP contribution >= 0.6 is 23.2 Å². The SMILES string of the molecule is COc1cc(C#N)ccc1OCCCC(=O)NCCNc1ncc(Cl)cc1Cl. The molecule has 0 aliphatic heterocycles. The smallest absolute Gasteiger partial charge is 0.220 e. The Morgan fingerprint density at radius 3 is 2.79 bits per heavy atom. The molecular weight excluding hydrogens is 403 g/mol. The minimum Gasteiger partial charge on any atom is -0.493 e. The molecule has 0 bridgehead atoms. The highest BCUT2D eigenvalue weighted by atomic mass is 35.5. The molecule has 7 nitrogen and oxygen atoms in total. The molecule has 0 atom stereocenters. The summed E-state index contributed by atoms with van der Waals surface area (Å²) in [5.41, 5.74) is 0.493. The van der Waals surface area contributed by atoms with Crippen LogP contribution < -0.4 is 20.1 Å². The standard InChI is InChI=1S/C19H20Cl2N4O3/c1-27-17-9-13(11-22)4-5-16(17)28-8-2-3-18(26)23-6-7-24-19-15(21)10-14(20)12-25-19/h4-5,9-10,12H,2-3,6-8H2,1H3,(H,23,26)(H,24,25). The Hall–Kier alpha value is -2.69. The van der Waals surface area contributed by atoms with Gasteiger partial charge in [-0.3, -0.25) is 4.79 Å². The van der Waals surface area contributed by atoms with Gasteiger partial charge in [0.25, 0.3) is 0 Å². The molecule has 148 valence electrons. The lowest BCUT2D eigenvalue weighted by atomic mass is 10.2. The number of carbonyl (C=O) groups excluding carboxylic acids is 1. The van der Waals surface area contributed by atoms with E-state index in [1.54, 1.807) is 24.3 Å². The van der Waals surface area contributed by atoms with Gasteiger partial charge in [-0.15, -0.1) is 0 Å². The second kappa shape index (κ2) is 11.2. The van der Waals surface area contributed by atoms with E-state index in [0.717, 1.165) is 0 Å². The van der Waals surface area contributed by atoms with Crippen molar-refractivity contribution in [1.82, 2.24) is 10.3 Å². The lowest BCUT2D eigenvalue weighted by Crippen LogP contribution is -2.29. The van der Waals surface area contributed by atoms with Crippen LogP contribution in [0.15, 0.2) is 30.5 Å². The molecule has 1 aromatic carbocycles. The fourth-order valence-electron chi connectivity index (χ4n) is 2.29. The van der Waals surface area contributed by atoms with Gasteiger partial charge >= 0.3 is 0 Å². The van der Waals surface area contributed by atoms with E-state index < -0.39 is 0 Å². The average Bonchev–Trinajstić information content (AvgIpc) is 2.69. The fourth-order valence-corrected chi connectivity index (χ4v) is 2.73. The maximum absolute atomic E-state index is 11.9. The zero-order valence-electron chi connectivity index (χ0n) is 15.3. The molecular formula is C19H20Cl2N4O3. The summed E-state index contributed by atoms with van der Waals surface area (Å²) in [7, 11) is 1.51. The first-order valence-corrected chi connectivity index (χ1v) is 9.31. The van der Waals surface area contributed by atoms with Gasteiger partial charge in [-0.1, -0.05) is 23.2 Å². The molecule has 1 amide bonds. The van der Waals surface area contributed by atoms with Gasteiger partial charge in [0.2, 0.25) is 5.91 Å². The summed E-state index contributed by atoms with van der Waals surface area (Å²) in [5.74, 6) is 1.47. The van der Waals surface area contributed by atoms with E-state index in [4.69, 9.17) is 37.9 Å². The van der Waals surface area contributed by atoms with Gasteiger partial charge in [0, 0.05) is 31.8 Å². The first-order valence-electron chi connectivity index (χ1n) is 8.56. The minimum absolute atomic E-state index is 0.0765. The van der Waals surface area contributed by atoms with Crippen LogP contribution in [0.4, 0.5) is 5.82 Å². The van der Waals surface area contributed by atoms with Crippen molar-refractivity contribution in [3.63, 3.8) is 0 Å². The summed E-state index contributed by atoms with van der Waals surface area (Å²) >= 11 is 11.8. The van der Waals surface area contributed by atoms with Crippen LogP contribution in [-0.4, -0.2) is 37.7 Å². The third-order valence-corrected chi connectivity index (χ3v) is 4.14. The maximum atomic E-state index is 11.9. The number of amides is 1. The number of aromatic nitrogens is 1. The van der Waals surface area contributed by atoms with Crippen LogP contribution in [0.5, 0.6) is 11.5 Å². The summed E-state index contributed by atoms with van der Waals surface area (Å²) in [4.78, 5) is 15.9. The van der Waals surface area contributed by atoms with Gasteiger partial charge in [0.05, 0.1) is 35.4 Å². The van der Waals surface area contributed by atoms with Crippen molar-refractivity contribution in [1.29, 1.82) is 5.26 Å². The van der Waals surface area contributed by atoms with Crippen LogP contribution in [0, 0.1) is 11.3 Å². The number of nitrogens with one attached hydrogen (secondary N) is 2. The van der Waals surface area contributed by atoms with Crippen molar-refractivity contribution in [2.45, 2.75) is 12.8 Å². The molecule has 9 heteroatoms. The second-order valence-electron chi connectivity index (χ2n) is 5.69. The van der Waals surface area contributed by atoms with Gasteiger partial charge in [0.1, 0.15) is 5.82 Å². The Kier molecular flexibility index (Phi) is 8.66. The normalized spacial score (nSPS) is 10.1. The van der Waals surface area contributed by atoms with E-state index in [2.05, 4.69) is 15.6 Å². The molecule has 0 fully saturated rings. The lowest BCUT2D eigenvalue weighted by molar-refractivity contribution is -0.121.